The second-order valence-corrected chi connectivity index (χ2v) is 9.08. The first kappa shape index (κ1) is 24.2. The number of ether oxygens (including phenoxy) is 2. The van der Waals surface area contributed by atoms with Crippen LogP contribution in [0.4, 0.5) is 0 Å². The Morgan fingerprint density at radius 3 is 2.65 bits per heavy atom. The Morgan fingerprint density at radius 1 is 1.29 bits per heavy atom. The Kier molecular flexibility index (Phi) is 7.51. The Hall–Kier alpha value is -1.41. The molecule has 1 aromatic rings. The number of likely N-dealkylation sites (N-methyl/N-ethyl adjacent to an activating group) is 1. The van der Waals surface area contributed by atoms with Crippen LogP contribution in [0, 0.1) is 6.92 Å². The molecule has 0 aliphatic carbocycles. The number of hydrogen-bond acceptors (Lipinski definition) is 10. The Balaban J connectivity index is 1.57. The summed E-state index contributed by atoms with van der Waals surface area (Å²) in [6, 6.07) is -0.349. The zero-order chi connectivity index (χ0) is 22.9. The third kappa shape index (κ3) is 5.69. The van der Waals surface area contributed by atoms with E-state index in [9.17, 15) is 29.3 Å². The fourth-order valence-electron chi connectivity index (χ4n) is 3.71. The molecule has 3 rings (SSSR count). The van der Waals surface area contributed by atoms with Gasteiger partial charge >= 0.3 is 13.5 Å². The van der Waals surface area contributed by atoms with Gasteiger partial charge < -0.3 is 29.9 Å². The molecule has 0 aromatic carbocycles. The van der Waals surface area contributed by atoms with Crippen LogP contribution in [0.5, 0.6) is 0 Å². The van der Waals surface area contributed by atoms with Crippen molar-refractivity contribution in [1.29, 1.82) is 0 Å². The molecule has 176 valence electrons. The summed E-state index contributed by atoms with van der Waals surface area (Å²) in [5.74, 6) is 0. The maximum Gasteiger partial charge on any atom is 0.474 e. The lowest BCUT2D eigenvalue weighted by molar-refractivity contribution is -0.190. The van der Waals surface area contributed by atoms with Crippen molar-refractivity contribution in [2.75, 3.05) is 13.7 Å². The number of rotatable bonds is 7. The van der Waals surface area contributed by atoms with Gasteiger partial charge in [-0.05, 0) is 20.9 Å². The van der Waals surface area contributed by atoms with E-state index in [1.807, 2.05) is 0 Å². The minimum Gasteiger partial charge on any atom is -0.391 e. The van der Waals surface area contributed by atoms with Gasteiger partial charge in [0.05, 0.1) is 31.0 Å². The molecule has 2 saturated heterocycles. The lowest BCUT2D eigenvalue weighted by Crippen LogP contribution is -2.53. The van der Waals surface area contributed by atoms with Gasteiger partial charge in [-0.2, -0.15) is 0 Å². The molecule has 2 aliphatic heterocycles. The third-order valence-electron chi connectivity index (χ3n) is 5.37. The summed E-state index contributed by atoms with van der Waals surface area (Å²) < 4.78 is 34.5. The molecule has 0 radical (unpaired) electrons. The molecule has 2 fully saturated rings. The van der Waals surface area contributed by atoms with E-state index in [4.69, 9.17) is 18.5 Å². The second kappa shape index (κ2) is 9.61. The molecule has 0 amide bonds. The van der Waals surface area contributed by atoms with Crippen LogP contribution < -0.4 is 16.6 Å². The van der Waals surface area contributed by atoms with Crippen LogP contribution in [0.15, 0.2) is 15.8 Å². The average Bonchev–Trinajstić information content (AvgIpc) is 3.03. The second-order valence-electron chi connectivity index (χ2n) is 7.67. The maximum absolute atomic E-state index is 12.3. The number of aryl methyl sites for hydroxylation is 1. The fourth-order valence-corrected chi connectivity index (χ4v) is 4.54. The summed E-state index contributed by atoms with van der Waals surface area (Å²) in [6.07, 6.45) is -4.19. The Labute approximate surface area is 177 Å². The number of aromatic nitrogens is 2. The first-order valence-corrected chi connectivity index (χ1v) is 11.3. The van der Waals surface area contributed by atoms with Crippen molar-refractivity contribution < 1.29 is 38.2 Å². The first-order valence-electron chi connectivity index (χ1n) is 9.83. The predicted molar refractivity (Wildman–Crippen MR) is 105 cm³/mol. The molecule has 1 aromatic heterocycles. The van der Waals surface area contributed by atoms with E-state index in [-0.39, 0.29) is 24.4 Å². The highest BCUT2D eigenvalue weighted by molar-refractivity contribution is 7.47. The van der Waals surface area contributed by atoms with Crippen LogP contribution in [-0.4, -0.2) is 75.1 Å². The van der Waals surface area contributed by atoms with E-state index in [2.05, 4.69) is 10.3 Å². The van der Waals surface area contributed by atoms with Gasteiger partial charge in [0.15, 0.2) is 6.29 Å². The number of aliphatic hydroxyl groups excluding tert-OH is 2. The van der Waals surface area contributed by atoms with Crippen LogP contribution in [0.1, 0.15) is 31.6 Å². The molecule has 14 heteroatoms. The van der Waals surface area contributed by atoms with E-state index in [0.29, 0.717) is 0 Å². The van der Waals surface area contributed by atoms with Crippen LogP contribution in [0.25, 0.3) is 0 Å². The smallest absolute Gasteiger partial charge is 0.391 e. The third-order valence-corrected chi connectivity index (χ3v) is 6.34. The lowest BCUT2D eigenvalue weighted by atomic mass is 10.00. The van der Waals surface area contributed by atoms with E-state index in [1.165, 1.54) is 13.1 Å². The molecule has 0 saturated carbocycles. The van der Waals surface area contributed by atoms with Gasteiger partial charge in [0, 0.05) is 24.6 Å². The van der Waals surface area contributed by atoms with E-state index in [0.717, 1.165) is 4.57 Å². The van der Waals surface area contributed by atoms with Crippen LogP contribution in [0.3, 0.4) is 0 Å². The normalized spacial score (nSPS) is 35.7. The number of aromatic amines is 1. The molecule has 13 nitrogen and oxygen atoms in total. The van der Waals surface area contributed by atoms with Gasteiger partial charge in [-0.3, -0.25) is 23.4 Å². The van der Waals surface area contributed by atoms with Crippen molar-refractivity contribution in [3.05, 3.63) is 32.6 Å². The van der Waals surface area contributed by atoms with Gasteiger partial charge in [0.1, 0.15) is 12.3 Å². The van der Waals surface area contributed by atoms with Crippen molar-refractivity contribution in [3.63, 3.8) is 0 Å². The molecule has 3 heterocycles. The van der Waals surface area contributed by atoms with Crippen molar-refractivity contribution >= 4 is 7.82 Å². The minimum absolute atomic E-state index is 0.0108. The zero-order valence-electron chi connectivity index (χ0n) is 17.3. The number of phosphoric ester groups is 1. The molecule has 2 aliphatic rings. The number of nitrogens with zero attached hydrogens (tertiary/aromatic N) is 1. The highest BCUT2D eigenvalue weighted by Crippen LogP contribution is 2.47. The van der Waals surface area contributed by atoms with Crippen molar-refractivity contribution in [2.45, 2.75) is 69.7 Å². The van der Waals surface area contributed by atoms with Crippen molar-refractivity contribution in [2.24, 2.45) is 0 Å². The molecule has 0 spiro atoms. The Morgan fingerprint density at radius 2 is 2.00 bits per heavy atom. The van der Waals surface area contributed by atoms with Gasteiger partial charge in [-0.1, -0.05) is 0 Å². The van der Waals surface area contributed by atoms with E-state index >= 15 is 0 Å². The van der Waals surface area contributed by atoms with Gasteiger partial charge in [0.25, 0.3) is 5.56 Å². The van der Waals surface area contributed by atoms with Crippen molar-refractivity contribution in [3.8, 4) is 0 Å². The topological polar surface area (TPSA) is 182 Å². The summed E-state index contributed by atoms with van der Waals surface area (Å²) in [4.78, 5) is 35.7. The maximum atomic E-state index is 12.3. The number of phosphoric acid groups is 1. The number of hydrogen-bond donors (Lipinski definition) is 5. The fraction of sp³-hybridized carbons (Fsp3) is 0.765. The van der Waals surface area contributed by atoms with Crippen LogP contribution >= 0.6 is 7.82 Å². The quantitative estimate of drug-likeness (QED) is 0.302. The summed E-state index contributed by atoms with van der Waals surface area (Å²) in [5, 5.41) is 23.2. The van der Waals surface area contributed by atoms with E-state index in [1.54, 1.807) is 14.0 Å². The Bertz CT molecular complexity index is 923. The molecule has 5 N–H and O–H groups in total. The van der Waals surface area contributed by atoms with Gasteiger partial charge in [-0.25, -0.2) is 9.36 Å². The predicted octanol–water partition coefficient (Wildman–Crippen LogP) is -1.29. The SMILES string of the molecule is CN[C@H]1[C@@H](O)C[C@H](OP(=O)(O)OC[C@H]2O[C@@H](n3cc(C)c(=O)[nH]c3=O)C[C@@H]2O)O[C@@H]1C. The highest BCUT2D eigenvalue weighted by atomic mass is 31.2. The summed E-state index contributed by atoms with van der Waals surface area (Å²) in [6.45, 7) is 2.71. The highest BCUT2D eigenvalue weighted by Gasteiger charge is 2.41. The molecular formula is C17H28N3O10P. The molecule has 1 unspecified atom stereocenters. The molecule has 0 bridgehead atoms. The summed E-state index contributed by atoms with van der Waals surface area (Å²) >= 11 is 0. The van der Waals surface area contributed by atoms with Crippen LogP contribution in [-0.2, 0) is 23.1 Å². The lowest BCUT2D eigenvalue weighted by Gasteiger charge is -2.38. The number of nitrogens with one attached hydrogen (secondary N) is 2. The largest absolute Gasteiger partial charge is 0.474 e. The molecular weight excluding hydrogens is 437 g/mol. The van der Waals surface area contributed by atoms with E-state index < -0.39 is 62.6 Å². The zero-order valence-corrected chi connectivity index (χ0v) is 18.2. The first-order chi connectivity index (χ1) is 14.5. The van der Waals surface area contributed by atoms with Gasteiger partial charge in [0.2, 0.25) is 0 Å². The standard InChI is InChI=1S/C17H28N3O10P/c1-8-6-20(17(24)19-16(8)23)13-4-10(21)12(29-13)7-27-31(25,26)30-14-5-11(22)15(18-3)9(2)28-14/h6,9-15,18,21-22H,4-5,7H2,1-3H3,(H,25,26)(H,19,23,24)/t9-,10+,11+,12-,13-,14+,15-/m1/s1. The summed E-state index contributed by atoms with van der Waals surface area (Å²) in [7, 11) is -2.94. The number of aliphatic hydroxyl groups is 2. The number of H-pyrrole nitrogens is 1. The van der Waals surface area contributed by atoms with Gasteiger partial charge in [-0.15, -0.1) is 0 Å². The molecule has 31 heavy (non-hydrogen) atoms. The summed E-state index contributed by atoms with van der Waals surface area (Å²) in [5.41, 5.74) is -0.939. The molecule has 8 atom stereocenters. The average molecular weight is 465 g/mol. The minimum atomic E-state index is -4.60. The van der Waals surface area contributed by atoms with Crippen LogP contribution in [0.2, 0.25) is 0 Å². The monoisotopic (exact) mass is 465 g/mol. The van der Waals surface area contributed by atoms with Crippen molar-refractivity contribution in [1.82, 2.24) is 14.9 Å².